The fourth-order valence-corrected chi connectivity index (χ4v) is 4.98. The van der Waals surface area contributed by atoms with Crippen molar-refractivity contribution in [2.75, 3.05) is 18.8 Å². The lowest BCUT2D eigenvalue weighted by molar-refractivity contribution is 0.0275. The largest absolute Gasteiger partial charge is 0.398 e. The number of para-hydroxylation sites is 1. The zero-order valence-corrected chi connectivity index (χ0v) is 14.7. The van der Waals surface area contributed by atoms with E-state index in [1.54, 1.807) is 0 Å². The summed E-state index contributed by atoms with van der Waals surface area (Å²) < 4.78 is 0. The standard InChI is InChI=1S/C19H23N3OS/c1-12-10-13-8-9-22(12)11-16(13)21-19(23)18-7-6-17(24-18)14-4-2-3-5-15(14)20/h2-7,12-13,16H,8-11,20H2,1H3,(H,21,23)/t12?,13?,16-/m0/s1. The quantitative estimate of drug-likeness (QED) is 0.843. The molecule has 3 aliphatic heterocycles. The Morgan fingerprint density at radius 3 is 2.83 bits per heavy atom. The van der Waals surface area contributed by atoms with E-state index in [-0.39, 0.29) is 11.9 Å². The van der Waals surface area contributed by atoms with Gasteiger partial charge < -0.3 is 11.1 Å². The second-order valence-corrected chi connectivity index (χ2v) is 8.04. The topological polar surface area (TPSA) is 58.4 Å². The predicted molar refractivity (Wildman–Crippen MR) is 99.2 cm³/mol. The van der Waals surface area contributed by atoms with E-state index in [0.717, 1.165) is 27.5 Å². The van der Waals surface area contributed by atoms with Crippen LogP contribution < -0.4 is 11.1 Å². The fraction of sp³-hybridized carbons (Fsp3) is 0.421. The first kappa shape index (κ1) is 15.7. The van der Waals surface area contributed by atoms with Crippen LogP contribution in [0.2, 0.25) is 0 Å². The number of nitrogens with one attached hydrogen (secondary N) is 1. The third-order valence-corrected chi connectivity index (χ3v) is 6.54. The van der Waals surface area contributed by atoms with Crippen molar-refractivity contribution in [1.29, 1.82) is 0 Å². The highest BCUT2D eigenvalue weighted by Gasteiger charge is 2.38. The van der Waals surface area contributed by atoms with Crippen molar-refractivity contribution in [3.8, 4) is 10.4 Å². The summed E-state index contributed by atoms with van der Waals surface area (Å²) >= 11 is 1.51. The van der Waals surface area contributed by atoms with E-state index < -0.39 is 0 Å². The Morgan fingerprint density at radius 1 is 1.29 bits per heavy atom. The Balaban J connectivity index is 1.47. The molecule has 0 spiro atoms. The lowest BCUT2D eigenvalue weighted by Gasteiger charge is -2.48. The first-order valence-electron chi connectivity index (χ1n) is 8.61. The molecule has 1 aromatic carbocycles. The van der Waals surface area contributed by atoms with Crippen molar-refractivity contribution in [3.05, 3.63) is 41.3 Å². The van der Waals surface area contributed by atoms with Gasteiger partial charge in [0.25, 0.3) is 5.91 Å². The summed E-state index contributed by atoms with van der Waals surface area (Å²) in [6.07, 6.45) is 2.40. The van der Waals surface area contributed by atoms with Crippen LogP contribution in [-0.2, 0) is 0 Å². The number of thiophene rings is 1. The van der Waals surface area contributed by atoms with Crippen LogP contribution in [-0.4, -0.2) is 36.0 Å². The lowest BCUT2D eigenvalue weighted by Crippen LogP contribution is -2.60. The molecule has 2 bridgehead atoms. The van der Waals surface area contributed by atoms with Crippen molar-refractivity contribution in [3.63, 3.8) is 0 Å². The van der Waals surface area contributed by atoms with Crippen LogP contribution in [0, 0.1) is 5.92 Å². The van der Waals surface area contributed by atoms with Crippen LogP contribution in [0.5, 0.6) is 0 Å². The van der Waals surface area contributed by atoms with Crippen molar-refractivity contribution >= 4 is 22.9 Å². The van der Waals surface area contributed by atoms with E-state index in [1.807, 2.05) is 36.4 Å². The minimum Gasteiger partial charge on any atom is -0.398 e. The van der Waals surface area contributed by atoms with Crippen molar-refractivity contribution in [2.24, 2.45) is 5.92 Å². The molecule has 1 aromatic heterocycles. The van der Waals surface area contributed by atoms with E-state index in [2.05, 4.69) is 17.1 Å². The highest BCUT2D eigenvalue weighted by molar-refractivity contribution is 7.17. The summed E-state index contributed by atoms with van der Waals surface area (Å²) in [5.41, 5.74) is 7.79. The molecule has 5 heteroatoms. The fourth-order valence-electron chi connectivity index (χ4n) is 4.02. The molecule has 3 aliphatic rings. The summed E-state index contributed by atoms with van der Waals surface area (Å²) in [7, 11) is 0. The number of amides is 1. The van der Waals surface area contributed by atoms with Gasteiger partial charge in [0, 0.05) is 34.8 Å². The highest BCUT2D eigenvalue weighted by Crippen LogP contribution is 2.34. The van der Waals surface area contributed by atoms with Crippen LogP contribution >= 0.6 is 11.3 Å². The van der Waals surface area contributed by atoms with Crippen LogP contribution in [0.15, 0.2) is 36.4 Å². The van der Waals surface area contributed by atoms with Crippen LogP contribution in [0.3, 0.4) is 0 Å². The van der Waals surface area contributed by atoms with Gasteiger partial charge in [0.15, 0.2) is 0 Å². The SMILES string of the molecule is CC1CC2CCN1C[C@@H]2NC(=O)c1ccc(-c2ccccc2N)s1. The molecule has 3 fully saturated rings. The number of hydrogen-bond donors (Lipinski definition) is 2. The Labute approximate surface area is 146 Å². The van der Waals surface area contributed by atoms with Crippen molar-refractivity contribution in [1.82, 2.24) is 10.2 Å². The number of nitrogen functional groups attached to an aromatic ring is 1. The number of carbonyl (C=O) groups excluding carboxylic acids is 1. The Kier molecular flexibility index (Phi) is 4.06. The molecule has 3 saturated heterocycles. The van der Waals surface area contributed by atoms with Crippen LogP contribution in [0.25, 0.3) is 10.4 Å². The molecular formula is C19H23N3OS. The molecule has 4 heterocycles. The maximum Gasteiger partial charge on any atom is 0.261 e. The van der Waals surface area contributed by atoms with Crippen molar-refractivity contribution in [2.45, 2.75) is 31.8 Å². The molecule has 0 saturated carbocycles. The molecular weight excluding hydrogens is 318 g/mol. The molecule has 2 aromatic rings. The minimum absolute atomic E-state index is 0.0483. The number of nitrogens with zero attached hydrogens (tertiary/aromatic N) is 1. The Hall–Kier alpha value is -1.85. The molecule has 5 rings (SSSR count). The first-order valence-corrected chi connectivity index (χ1v) is 9.43. The second-order valence-electron chi connectivity index (χ2n) is 6.96. The summed E-state index contributed by atoms with van der Waals surface area (Å²) in [6.45, 7) is 4.45. The number of rotatable bonds is 3. The molecule has 0 radical (unpaired) electrons. The second kappa shape index (κ2) is 6.22. The molecule has 0 aliphatic carbocycles. The zero-order valence-electron chi connectivity index (χ0n) is 13.9. The maximum atomic E-state index is 12.6. The number of carbonyl (C=O) groups is 1. The van der Waals surface area contributed by atoms with E-state index in [1.165, 1.54) is 30.7 Å². The summed E-state index contributed by atoms with van der Waals surface area (Å²) in [4.78, 5) is 16.9. The van der Waals surface area contributed by atoms with Crippen LogP contribution in [0.1, 0.15) is 29.4 Å². The number of hydrogen-bond acceptors (Lipinski definition) is 4. The van der Waals surface area contributed by atoms with Gasteiger partial charge in [0.1, 0.15) is 0 Å². The molecule has 4 atom stereocenters. The van der Waals surface area contributed by atoms with Gasteiger partial charge in [-0.1, -0.05) is 18.2 Å². The third-order valence-electron chi connectivity index (χ3n) is 5.43. The molecule has 1 amide bonds. The van der Waals surface area contributed by atoms with Gasteiger partial charge in [-0.25, -0.2) is 0 Å². The monoisotopic (exact) mass is 341 g/mol. The van der Waals surface area contributed by atoms with E-state index in [0.29, 0.717) is 12.0 Å². The van der Waals surface area contributed by atoms with Gasteiger partial charge in [-0.15, -0.1) is 11.3 Å². The molecule has 126 valence electrons. The Bertz CT molecular complexity index is 757. The van der Waals surface area contributed by atoms with Gasteiger partial charge in [-0.2, -0.15) is 0 Å². The summed E-state index contributed by atoms with van der Waals surface area (Å²) in [5, 5.41) is 3.27. The predicted octanol–water partition coefficient (Wildman–Crippen LogP) is 3.21. The zero-order chi connectivity index (χ0) is 16.7. The summed E-state index contributed by atoms with van der Waals surface area (Å²) in [6, 6.07) is 12.6. The number of anilines is 1. The van der Waals surface area contributed by atoms with Gasteiger partial charge in [0.05, 0.1) is 4.88 Å². The number of nitrogens with two attached hydrogens (primary N) is 1. The van der Waals surface area contributed by atoms with Gasteiger partial charge in [0.2, 0.25) is 0 Å². The van der Waals surface area contributed by atoms with E-state index >= 15 is 0 Å². The van der Waals surface area contributed by atoms with Gasteiger partial charge in [-0.3, -0.25) is 9.69 Å². The lowest BCUT2D eigenvalue weighted by atomic mass is 9.80. The minimum atomic E-state index is 0.0483. The average molecular weight is 341 g/mol. The Morgan fingerprint density at radius 2 is 2.12 bits per heavy atom. The third kappa shape index (κ3) is 2.82. The first-order chi connectivity index (χ1) is 11.6. The van der Waals surface area contributed by atoms with Gasteiger partial charge in [-0.05, 0) is 50.4 Å². The average Bonchev–Trinajstić information content (AvgIpc) is 3.06. The normalized spacial score (nSPS) is 28.7. The van der Waals surface area contributed by atoms with Crippen molar-refractivity contribution < 1.29 is 4.79 Å². The molecule has 24 heavy (non-hydrogen) atoms. The van der Waals surface area contributed by atoms with Gasteiger partial charge >= 0.3 is 0 Å². The maximum absolute atomic E-state index is 12.6. The molecule has 3 unspecified atom stereocenters. The molecule has 3 N–H and O–H groups in total. The number of benzene rings is 1. The number of piperidine rings is 3. The molecule has 4 nitrogen and oxygen atoms in total. The summed E-state index contributed by atoms with van der Waals surface area (Å²) in [5.74, 6) is 0.672. The smallest absolute Gasteiger partial charge is 0.261 e. The van der Waals surface area contributed by atoms with E-state index in [4.69, 9.17) is 5.73 Å². The van der Waals surface area contributed by atoms with Crippen LogP contribution in [0.4, 0.5) is 5.69 Å². The number of fused-ring (bicyclic) bond motifs is 3. The van der Waals surface area contributed by atoms with E-state index in [9.17, 15) is 4.79 Å². The highest BCUT2D eigenvalue weighted by atomic mass is 32.1.